The number of amides is 1. The summed E-state index contributed by atoms with van der Waals surface area (Å²) in [6.45, 7) is 1.35. The maximum atomic E-state index is 12.1. The minimum Gasteiger partial charge on any atom is -0.477 e. The van der Waals surface area contributed by atoms with E-state index in [1.807, 2.05) is 0 Å². The van der Waals surface area contributed by atoms with Crippen molar-refractivity contribution < 1.29 is 27.9 Å². The van der Waals surface area contributed by atoms with Gasteiger partial charge < -0.3 is 10.4 Å². The summed E-state index contributed by atoms with van der Waals surface area (Å²) in [6.07, 6.45) is -5.09. The minimum atomic E-state index is -5.09. The van der Waals surface area contributed by atoms with Gasteiger partial charge in [0.25, 0.3) is 0 Å². The zero-order valence-corrected chi connectivity index (χ0v) is 10.8. The summed E-state index contributed by atoms with van der Waals surface area (Å²) in [4.78, 5) is 21.4. The van der Waals surface area contributed by atoms with Crippen LogP contribution in [0.15, 0.2) is 4.90 Å². The number of thiocyanates is 1. The SMILES string of the molecule is Cc1c(C(=O)O)sc(NC(=O)C(F)(F)F)c1SC#N. The van der Waals surface area contributed by atoms with E-state index in [-0.39, 0.29) is 20.3 Å². The highest BCUT2D eigenvalue weighted by Gasteiger charge is 2.39. The second-order valence-corrected chi connectivity index (χ2v) is 4.98. The molecule has 0 aliphatic heterocycles. The molecular formula is C9H5F3N2O3S2. The number of rotatable bonds is 3. The van der Waals surface area contributed by atoms with Crippen molar-refractivity contribution >= 4 is 40.0 Å². The molecule has 0 saturated carbocycles. The Bertz CT molecular complexity index is 574. The summed E-state index contributed by atoms with van der Waals surface area (Å²) in [6, 6.07) is 0. The van der Waals surface area contributed by atoms with E-state index >= 15 is 0 Å². The third kappa shape index (κ3) is 3.39. The summed E-state index contributed by atoms with van der Waals surface area (Å²) in [7, 11) is 0. The monoisotopic (exact) mass is 310 g/mol. The molecule has 0 spiro atoms. The number of alkyl halides is 3. The third-order valence-electron chi connectivity index (χ3n) is 1.92. The molecule has 0 saturated heterocycles. The predicted octanol–water partition coefficient (Wildman–Crippen LogP) is 2.83. The maximum absolute atomic E-state index is 12.1. The molecule has 1 aromatic heterocycles. The molecule has 0 aliphatic rings. The van der Waals surface area contributed by atoms with Crippen LogP contribution in [0, 0.1) is 17.6 Å². The Morgan fingerprint density at radius 2 is 2.05 bits per heavy atom. The molecule has 5 nitrogen and oxygen atoms in total. The fourth-order valence-electron chi connectivity index (χ4n) is 1.13. The Hall–Kier alpha value is -1.73. The lowest BCUT2D eigenvalue weighted by atomic mass is 10.3. The van der Waals surface area contributed by atoms with Crippen molar-refractivity contribution in [3.63, 3.8) is 0 Å². The first kappa shape index (κ1) is 15.3. The van der Waals surface area contributed by atoms with Crippen LogP contribution in [-0.4, -0.2) is 23.2 Å². The van der Waals surface area contributed by atoms with Crippen LogP contribution in [0.4, 0.5) is 18.2 Å². The van der Waals surface area contributed by atoms with Crippen molar-refractivity contribution in [2.24, 2.45) is 0 Å². The van der Waals surface area contributed by atoms with Crippen LogP contribution in [0.25, 0.3) is 0 Å². The lowest BCUT2D eigenvalue weighted by Gasteiger charge is -2.06. The van der Waals surface area contributed by atoms with Gasteiger partial charge in [-0.1, -0.05) is 0 Å². The van der Waals surface area contributed by atoms with Crippen molar-refractivity contribution in [2.45, 2.75) is 18.0 Å². The smallest absolute Gasteiger partial charge is 0.471 e. The summed E-state index contributed by atoms with van der Waals surface area (Å²) in [5.41, 5.74) is 0.140. The number of nitriles is 1. The average Bonchev–Trinajstić information content (AvgIpc) is 2.57. The lowest BCUT2D eigenvalue weighted by molar-refractivity contribution is -0.167. The van der Waals surface area contributed by atoms with Crippen LogP contribution in [0.1, 0.15) is 15.2 Å². The second kappa shape index (κ2) is 5.50. The molecular weight excluding hydrogens is 305 g/mol. The predicted molar refractivity (Wildman–Crippen MR) is 62.2 cm³/mol. The first-order valence-electron chi connectivity index (χ1n) is 4.49. The number of carboxylic acid groups (broad SMARTS) is 1. The molecule has 1 rings (SSSR count). The van der Waals surface area contributed by atoms with E-state index in [0.29, 0.717) is 23.1 Å². The molecule has 0 aromatic carbocycles. The zero-order valence-electron chi connectivity index (χ0n) is 9.16. The highest BCUT2D eigenvalue weighted by atomic mass is 32.2. The second-order valence-electron chi connectivity index (χ2n) is 3.16. The molecule has 0 fully saturated rings. The van der Waals surface area contributed by atoms with Crippen molar-refractivity contribution in [2.75, 3.05) is 5.32 Å². The highest BCUT2D eigenvalue weighted by Crippen LogP contribution is 2.40. The molecule has 0 bridgehead atoms. The number of nitrogens with one attached hydrogen (secondary N) is 1. The fraction of sp³-hybridized carbons (Fsp3) is 0.222. The first-order chi connectivity index (χ1) is 8.68. The Kier molecular flexibility index (Phi) is 4.43. The minimum absolute atomic E-state index is 0.00231. The van der Waals surface area contributed by atoms with E-state index in [0.717, 1.165) is 0 Å². The Balaban J connectivity index is 3.20. The van der Waals surface area contributed by atoms with Gasteiger partial charge in [0.2, 0.25) is 0 Å². The number of thioether (sulfide) groups is 1. The van der Waals surface area contributed by atoms with Gasteiger partial charge in [-0.3, -0.25) is 4.79 Å². The van der Waals surface area contributed by atoms with E-state index in [2.05, 4.69) is 0 Å². The normalized spacial score (nSPS) is 10.9. The molecule has 1 aromatic rings. The number of nitrogens with zero attached hydrogens (tertiary/aromatic N) is 1. The van der Waals surface area contributed by atoms with E-state index in [1.165, 1.54) is 6.92 Å². The largest absolute Gasteiger partial charge is 0.477 e. The summed E-state index contributed by atoms with van der Waals surface area (Å²) < 4.78 is 36.4. The van der Waals surface area contributed by atoms with Gasteiger partial charge in [-0.15, -0.1) is 11.3 Å². The van der Waals surface area contributed by atoms with E-state index in [4.69, 9.17) is 10.4 Å². The van der Waals surface area contributed by atoms with E-state index in [9.17, 15) is 22.8 Å². The van der Waals surface area contributed by atoms with Crippen molar-refractivity contribution in [1.82, 2.24) is 0 Å². The third-order valence-corrected chi connectivity index (χ3v) is 4.05. The molecule has 1 heterocycles. The summed E-state index contributed by atoms with van der Waals surface area (Å²) in [5, 5.41) is 20.3. The van der Waals surface area contributed by atoms with Crippen molar-refractivity contribution in [3.8, 4) is 5.40 Å². The topological polar surface area (TPSA) is 90.2 Å². The summed E-state index contributed by atoms with van der Waals surface area (Å²) >= 11 is 0.965. The number of thiophene rings is 1. The van der Waals surface area contributed by atoms with Crippen LogP contribution in [-0.2, 0) is 4.79 Å². The van der Waals surface area contributed by atoms with Gasteiger partial charge in [0.1, 0.15) is 15.3 Å². The first-order valence-corrected chi connectivity index (χ1v) is 6.12. The van der Waals surface area contributed by atoms with Crippen LogP contribution in [0.2, 0.25) is 0 Å². The van der Waals surface area contributed by atoms with E-state index in [1.54, 1.807) is 10.7 Å². The number of hydrogen-bond acceptors (Lipinski definition) is 5. The number of carbonyl (C=O) groups excluding carboxylic acids is 1. The van der Waals surface area contributed by atoms with Gasteiger partial charge in [0.15, 0.2) is 0 Å². The number of hydrogen-bond donors (Lipinski definition) is 2. The number of aromatic carboxylic acids is 1. The van der Waals surface area contributed by atoms with Crippen LogP contribution < -0.4 is 5.32 Å². The molecule has 10 heteroatoms. The van der Waals surface area contributed by atoms with Gasteiger partial charge in [-0.25, -0.2) is 4.79 Å². The quantitative estimate of drug-likeness (QED) is 0.662. The number of carbonyl (C=O) groups is 2. The molecule has 19 heavy (non-hydrogen) atoms. The van der Waals surface area contributed by atoms with Crippen LogP contribution >= 0.6 is 23.1 Å². The number of anilines is 1. The van der Waals surface area contributed by atoms with E-state index < -0.39 is 18.1 Å². The summed E-state index contributed by atoms with van der Waals surface area (Å²) in [5.74, 6) is -3.56. The molecule has 0 atom stereocenters. The van der Waals surface area contributed by atoms with Gasteiger partial charge in [-0.05, 0) is 24.2 Å². The Labute approximate surface area is 113 Å². The molecule has 0 radical (unpaired) electrons. The molecule has 0 aliphatic carbocycles. The lowest BCUT2D eigenvalue weighted by Crippen LogP contribution is -2.29. The van der Waals surface area contributed by atoms with Gasteiger partial charge in [-0.2, -0.15) is 18.4 Å². The van der Waals surface area contributed by atoms with Crippen molar-refractivity contribution in [3.05, 3.63) is 10.4 Å². The molecule has 0 unspecified atom stereocenters. The Morgan fingerprint density at radius 1 is 1.47 bits per heavy atom. The van der Waals surface area contributed by atoms with Gasteiger partial charge >= 0.3 is 18.1 Å². The molecule has 1 amide bonds. The van der Waals surface area contributed by atoms with Crippen LogP contribution in [0.3, 0.4) is 0 Å². The zero-order chi connectivity index (χ0) is 14.8. The van der Waals surface area contributed by atoms with Crippen molar-refractivity contribution in [1.29, 1.82) is 5.26 Å². The number of halogens is 3. The van der Waals surface area contributed by atoms with Gasteiger partial charge in [0, 0.05) is 0 Å². The molecule has 2 N–H and O–H groups in total. The highest BCUT2D eigenvalue weighted by molar-refractivity contribution is 8.04. The average molecular weight is 310 g/mol. The maximum Gasteiger partial charge on any atom is 0.471 e. The van der Waals surface area contributed by atoms with Crippen LogP contribution in [0.5, 0.6) is 0 Å². The standard InChI is InChI=1S/C9H5F3N2O3S2/c1-3-4(18-2-13)6(19-5(3)7(15)16)14-8(17)9(10,11)12/h1H3,(H,14,17)(H,15,16). The van der Waals surface area contributed by atoms with Gasteiger partial charge in [0.05, 0.1) is 4.90 Å². The number of carboxylic acids is 1. The molecule has 102 valence electrons. The fourth-order valence-corrected chi connectivity index (χ4v) is 2.87. The Morgan fingerprint density at radius 3 is 2.47 bits per heavy atom.